The summed E-state index contributed by atoms with van der Waals surface area (Å²) >= 11 is 0. The Morgan fingerprint density at radius 2 is 2.00 bits per heavy atom. The molecular formula is C11H21NO3. The molecular weight excluding hydrogens is 194 g/mol. The van der Waals surface area contributed by atoms with E-state index in [0.29, 0.717) is 6.54 Å². The molecule has 1 aliphatic rings. The van der Waals surface area contributed by atoms with Crippen molar-refractivity contribution in [3.63, 3.8) is 0 Å². The minimum absolute atomic E-state index is 0.0301. The molecule has 1 aliphatic heterocycles. The molecule has 0 aromatic carbocycles. The maximum absolute atomic E-state index is 11.7. The summed E-state index contributed by atoms with van der Waals surface area (Å²) in [5, 5.41) is 11.8. The highest BCUT2D eigenvalue weighted by Crippen LogP contribution is 2.24. The first-order chi connectivity index (χ1) is 6.99. The molecule has 88 valence electrons. The summed E-state index contributed by atoms with van der Waals surface area (Å²) in [5.41, 5.74) is 0. The second-order valence-corrected chi connectivity index (χ2v) is 4.52. The summed E-state index contributed by atoms with van der Waals surface area (Å²) < 4.78 is 5.56. The van der Waals surface area contributed by atoms with Crippen molar-refractivity contribution in [2.75, 3.05) is 6.54 Å². The van der Waals surface area contributed by atoms with Gasteiger partial charge in [-0.2, -0.15) is 0 Å². The molecule has 2 N–H and O–H groups in total. The normalized spacial score (nSPS) is 33.5. The summed E-state index contributed by atoms with van der Waals surface area (Å²) in [6, 6.07) is 0. The molecule has 0 aromatic heterocycles. The van der Waals surface area contributed by atoms with Gasteiger partial charge in [0, 0.05) is 12.5 Å². The van der Waals surface area contributed by atoms with Crippen molar-refractivity contribution in [2.24, 2.45) is 5.92 Å². The second kappa shape index (κ2) is 5.47. The first kappa shape index (κ1) is 12.5. The third-order valence-electron chi connectivity index (χ3n) is 2.64. The minimum Gasteiger partial charge on any atom is -0.392 e. The average molecular weight is 215 g/mol. The van der Waals surface area contributed by atoms with Gasteiger partial charge in [-0.05, 0) is 33.6 Å². The van der Waals surface area contributed by atoms with Gasteiger partial charge in [-0.1, -0.05) is 0 Å². The van der Waals surface area contributed by atoms with Crippen LogP contribution in [0.4, 0.5) is 0 Å². The van der Waals surface area contributed by atoms with E-state index in [9.17, 15) is 4.79 Å². The molecule has 4 heteroatoms. The number of ether oxygens (including phenoxy) is 1. The van der Waals surface area contributed by atoms with E-state index in [1.165, 1.54) is 0 Å². The van der Waals surface area contributed by atoms with Crippen LogP contribution in [0, 0.1) is 5.92 Å². The lowest BCUT2D eigenvalue weighted by Gasteiger charge is -2.31. The van der Waals surface area contributed by atoms with Gasteiger partial charge in [0.1, 0.15) is 0 Å². The lowest BCUT2D eigenvalue weighted by atomic mass is 9.92. The monoisotopic (exact) mass is 215 g/mol. The molecule has 1 rings (SSSR count). The summed E-state index contributed by atoms with van der Waals surface area (Å²) in [7, 11) is 0. The van der Waals surface area contributed by atoms with Crippen molar-refractivity contribution in [1.82, 2.24) is 5.32 Å². The Labute approximate surface area is 91.0 Å². The van der Waals surface area contributed by atoms with Crippen molar-refractivity contribution < 1.29 is 14.6 Å². The lowest BCUT2D eigenvalue weighted by Crippen LogP contribution is -2.41. The molecule has 0 radical (unpaired) electrons. The Morgan fingerprint density at radius 3 is 2.47 bits per heavy atom. The molecule has 3 unspecified atom stereocenters. The van der Waals surface area contributed by atoms with Crippen LogP contribution in [0.15, 0.2) is 0 Å². The van der Waals surface area contributed by atoms with E-state index in [1.807, 2.05) is 13.8 Å². The third-order valence-corrected chi connectivity index (χ3v) is 2.64. The van der Waals surface area contributed by atoms with E-state index in [2.05, 4.69) is 5.32 Å². The Hall–Kier alpha value is -0.610. The van der Waals surface area contributed by atoms with Crippen LogP contribution >= 0.6 is 0 Å². The standard InChI is InChI=1S/C11H21NO3/c1-7(13)6-12-11(14)10-4-8(2)15-9(3)5-10/h7-10,13H,4-6H2,1-3H3,(H,12,14). The van der Waals surface area contributed by atoms with Gasteiger partial charge in [0.15, 0.2) is 0 Å². The molecule has 4 nitrogen and oxygen atoms in total. The zero-order valence-corrected chi connectivity index (χ0v) is 9.69. The highest BCUT2D eigenvalue weighted by molar-refractivity contribution is 5.78. The van der Waals surface area contributed by atoms with Crippen LogP contribution in [-0.2, 0) is 9.53 Å². The van der Waals surface area contributed by atoms with Crippen molar-refractivity contribution in [1.29, 1.82) is 0 Å². The van der Waals surface area contributed by atoms with Gasteiger partial charge in [0.2, 0.25) is 5.91 Å². The second-order valence-electron chi connectivity index (χ2n) is 4.52. The van der Waals surface area contributed by atoms with Gasteiger partial charge in [0.25, 0.3) is 0 Å². The van der Waals surface area contributed by atoms with Crippen molar-refractivity contribution in [2.45, 2.75) is 51.9 Å². The fraction of sp³-hybridized carbons (Fsp3) is 0.909. The zero-order chi connectivity index (χ0) is 11.4. The van der Waals surface area contributed by atoms with Gasteiger partial charge in [0.05, 0.1) is 18.3 Å². The summed E-state index contributed by atoms with van der Waals surface area (Å²) in [6.45, 7) is 5.98. The minimum atomic E-state index is -0.483. The molecule has 0 saturated carbocycles. The summed E-state index contributed by atoms with van der Waals surface area (Å²) in [4.78, 5) is 11.7. The van der Waals surface area contributed by atoms with Crippen molar-refractivity contribution in [3.8, 4) is 0 Å². The van der Waals surface area contributed by atoms with E-state index < -0.39 is 6.10 Å². The van der Waals surface area contributed by atoms with Gasteiger partial charge in [-0.25, -0.2) is 0 Å². The number of hydrogen-bond acceptors (Lipinski definition) is 3. The number of carbonyl (C=O) groups excluding carboxylic acids is 1. The number of aliphatic hydroxyl groups is 1. The predicted molar refractivity (Wildman–Crippen MR) is 57.4 cm³/mol. The quantitative estimate of drug-likeness (QED) is 0.728. The van der Waals surface area contributed by atoms with Crippen LogP contribution in [0.25, 0.3) is 0 Å². The van der Waals surface area contributed by atoms with Crippen LogP contribution in [0.1, 0.15) is 33.6 Å². The largest absolute Gasteiger partial charge is 0.392 e. The summed E-state index contributed by atoms with van der Waals surface area (Å²) in [5.74, 6) is 0.0698. The molecule has 1 fully saturated rings. The van der Waals surface area contributed by atoms with Gasteiger partial charge >= 0.3 is 0 Å². The van der Waals surface area contributed by atoms with Crippen molar-refractivity contribution >= 4 is 5.91 Å². The van der Waals surface area contributed by atoms with Gasteiger partial charge in [-0.15, -0.1) is 0 Å². The number of rotatable bonds is 3. The van der Waals surface area contributed by atoms with Crippen LogP contribution < -0.4 is 5.32 Å². The Balaban J connectivity index is 2.38. The predicted octanol–water partition coefficient (Wildman–Crippen LogP) is 0.687. The fourth-order valence-electron chi connectivity index (χ4n) is 2.01. The highest BCUT2D eigenvalue weighted by Gasteiger charge is 2.29. The molecule has 1 heterocycles. The van der Waals surface area contributed by atoms with Crippen molar-refractivity contribution in [3.05, 3.63) is 0 Å². The third kappa shape index (κ3) is 4.18. The summed E-state index contributed by atoms with van der Waals surface area (Å²) in [6.07, 6.45) is 1.36. The number of hydrogen-bond donors (Lipinski definition) is 2. The van der Waals surface area contributed by atoms with E-state index in [-0.39, 0.29) is 24.0 Å². The lowest BCUT2D eigenvalue weighted by molar-refractivity contribution is -0.133. The molecule has 0 aliphatic carbocycles. The van der Waals surface area contributed by atoms with Crippen LogP contribution in [0.2, 0.25) is 0 Å². The number of amides is 1. The van der Waals surface area contributed by atoms with Crippen LogP contribution in [-0.4, -0.2) is 35.9 Å². The zero-order valence-electron chi connectivity index (χ0n) is 9.69. The molecule has 0 bridgehead atoms. The molecule has 1 amide bonds. The number of nitrogens with one attached hydrogen (secondary N) is 1. The van der Waals surface area contributed by atoms with Gasteiger partial charge in [-0.3, -0.25) is 4.79 Å². The molecule has 0 aromatic rings. The van der Waals surface area contributed by atoms with Gasteiger partial charge < -0.3 is 15.2 Å². The maximum Gasteiger partial charge on any atom is 0.223 e. The first-order valence-electron chi connectivity index (χ1n) is 5.60. The smallest absolute Gasteiger partial charge is 0.223 e. The van der Waals surface area contributed by atoms with Crippen LogP contribution in [0.3, 0.4) is 0 Å². The SMILES string of the molecule is CC(O)CNC(=O)C1CC(C)OC(C)C1. The molecule has 1 saturated heterocycles. The Kier molecular flexibility index (Phi) is 4.54. The highest BCUT2D eigenvalue weighted by atomic mass is 16.5. The molecule has 0 spiro atoms. The topological polar surface area (TPSA) is 58.6 Å². The molecule has 3 atom stereocenters. The Morgan fingerprint density at radius 1 is 1.47 bits per heavy atom. The van der Waals surface area contributed by atoms with Crippen LogP contribution in [0.5, 0.6) is 0 Å². The number of carbonyl (C=O) groups is 1. The van der Waals surface area contributed by atoms with E-state index in [4.69, 9.17) is 9.84 Å². The number of aliphatic hydroxyl groups excluding tert-OH is 1. The Bertz CT molecular complexity index is 208. The van der Waals surface area contributed by atoms with E-state index in [1.54, 1.807) is 6.92 Å². The first-order valence-corrected chi connectivity index (χ1v) is 5.60. The fourth-order valence-corrected chi connectivity index (χ4v) is 2.01. The average Bonchev–Trinajstić information content (AvgIpc) is 2.12. The maximum atomic E-state index is 11.7. The van der Waals surface area contributed by atoms with E-state index in [0.717, 1.165) is 12.8 Å². The molecule has 15 heavy (non-hydrogen) atoms. The van der Waals surface area contributed by atoms with E-state index >= 15 is 0 Å².